The van der Waals surface area contributed by atoms with Gasteiger partial charge in [-0.1, -0.05) is 23.7 Å². The molecule has 172 valence electrons. The van der Waals surface area contributed by atoms with Gasteiger partial charge in [-0.25, -0.2) is 0 Å². The van der Waals surface area contributed by atoms with E-state index in [1.165, 1.54) is 30.4 Å². The first kappa shape index (κ1) is 22.8. The summed E-state index contributed by atoms with van der Waals surface area (Å²) in [6.07, 6.45) is 10.4. The summed E-state index contributed by atoms with van der Waals surface area (Å²) in [7, 11) is 0. The largest absolute Gasteiger partial charge is 0.361 e. The topological polar surface area (TPSA) is 67.2 Å². The minimum absolute atomic E-state index is 0.0892. The summed E-state index contributed by atoms with van der Waals surface area (Å²) >= 11 is 0. The predicted octanol–water partition coefficient (Wildman–Crippen LogP) is 6.61. The number of benzene rings is 1. The normalized spacial score (nSPS) is 21.0. The fourth-order valence-corrected chi connectivity index (χ4v) is 5.67. The van der Waals surface area contributed by atoms with Gasteiger partial charge >= 0.3 is 0 Å². The molecule has 5 heteroatoms. The number of carbonyl (C=O) groups is 1. The summed E-state index contributed by atoms with van der Waals surface area (Å²) in [6, 6.07) is 8.30. The Kier molecular flexibility index (Phi) is 6.30. The summed E-state index contributed by atoms with van der Waals surface area (Å²) in [5.74, 6) is 0.886. The first-order valence-electron chi connectivity index (χ1n) is 12.0. The van der Waals surface area contributed by atoms with E-state index >= 15 is 0 Å². The van der Waals surface area contributed by atoms with Gasteiger partial charge in [-0.3, -0.25) is 4.79 Å². The van der Waals surface area contributed by atoms with Crippen molar-refractivity contribution >= 4 is 17.2 Å². The summed E-state index contributed by atoms with van der Waals surface area (Å²) in [4.78, 5) is 12.8. The van der Waals surface area contributed by atoms with Gasteiger partial charge in [0.05, 0.1) is 0 Å². The molecule has 1 aromatic carbocycles. The van der Waals surface area contributed by atoms with Gasteiger partial charge in [-0.2, -0.15) is 0 Å². The lowest BCUT2D eigenvalue weighted by atomic mass is 9.73. The Morgan fingerprint density at radius 1 is 1.09 bits per heavy atom. The van der Waals surface area contributed by atoms with E-state index in [9.17, 15) is 4.79 Å². The molecule has 1 aromatic heterocycles. The van der Waals surface area contributed by atoms with Gasteiger partial charge in [0.1, 0.15) is 5.76 Å². The van der Waals surface area contributed by atoms with Crippen LogP contribution < -0.4 is 10.6 Å². The van der Waals surface area contributed by atoms with E-state index < -0.39 is 0 Å². The molecule has 0 radical (unpaired) electrons. The second-order valence-electron chi connectivity index (χ2n) is 10.9. The van der Waals surface area contributed by atoms with Crippen LogP contribution in [0.1, 0.15) is 106 Å². The fourth-order valence-electron chi connectivity index (χ4n) is 5.67. The average Bonchev–Trinajstić information content (AvgIpc) is 2.96. The molecule has 1 saturated heterocycles. The Hall–Kier alpha value is -2.40. The molecule has 1 aliphatic carbocycles. The third-order valence-corrected chi connectivity index (χ3v) is 6.70. The zero-order valence-electron chi connectivity index (χ0n) is 20.2. The van der Waals surface area contributed by atoms with Crippen LogP contribution in [0, 0.1) is 6.92 Å². The van der Waals surface area contributed by atoms with Gasteiger partial charge in [0.2, 0.25) is 0 Å². The number of anilines is 1. The maximum absolute atomic E-state index is 12.8. The third-order valence-electron chi connectivity index (χ3n) is 6.70. The number of nitrogens with zero attached hydrogens (tertiary/aromatic N) is 1. The average molecular weight is 436 g/mol. The summed E-state index contributed by atoms with van der Waals surface area (Å²) in [5, 5.41) is 10.8. The van der Waals surface area contributed by atoms with Crippen molar-refractivity contribution in [1.82, 2.24) is 10.5 Å². The zero-order chi connectivity index (χ0) is 22.9. The van der Waals surface area contributed by atoms with E-state index in [-0.39, 0.29) is 17.0 Å². The summed E-state index contributed by atoms with van der Waals surface area (Å²) in [5.41, 5.74) is 5.23. The third kappa shape index (κ3) is 5.32. The second-order valence-corrected chi connectivity index (χ2v) is 10.9. The molecular weight excluding hydrogens is 398 g/mol. The molecule has 2 N–H and O–H groups in total. The minimum Gasteiger partial charge on any atom is -0.361 e. The van der Waals surface area contributed by atoms with E-state index in [4.69, 9.17) is 4.52 Å². The number of hydrogen-bond acceptors (Lipinski definition) is 4. The van der Waals surface area contributed by atoms with E-state index in [2.05, 4.69) is 67.8 Å². The monoisotopic (exact) mass is 435 g/mol. The second kappa shape index (κ2) is 8.86. The highest BCUT2D eigenvalue weighted by Crippen LogP contribution is 2.41. The highest BCUT2D eigenvalue weighted by molar-refractivity contribution is 6.04. The molecule has 1 aliphatic heterocycles. The van der Waals surface area contributed by atoms with Crippen LogP contribution in [-0.4, -0.2) is 22.1 Å². The van der Waals surface area contributed by atoms with Gasteiger partial charge in [-0.05, 0) is 102 Å². The van der Waals surface area contributed by atoms with Crippen molar-refractivity contribution in [1.29, 1.82) is 0 Å². The number of piperidine rings is 1. The minimum atomic E-state index is -0.228. The molecule has 1 amide bonds. The molecule has 2 aromatic rings. The Morgan fingerprint density at radius 3 is 2.53 bits per heavy atom. The number of aryl methyl sites for hydroxylation is 1. The van der Waals surface area contributed by atoms with Gasteiger partial charge in [0.15, 0.2) is 5.69 Å². The Balaban J connectivity index is 1.69. The van der Waals surface area contributed by atoms with E-state index in [0.717, 1.165) is 36.9 Å². The Bertz CT molecular complexity index is 1000. The number of rotatable bonds is 4. The predicted molar refractivity (Wildman–Crippen MR) is 130 cm³/mol. The molecule has 5 nitrogen and oxygen atoms in total. The van der Waals surface area contributed by atoms with Crippen LogP contribution in [0.3, 0.4) is 0 Å². The number of nitrogens with one attached hydrogen (secondary N) is 2. The van der Waals surface area contributed by atoms with Crippen molar-refractivity contribution in [3.63, 3.8) is 0 Å². The van der Waals surface area contributed by atoms with Crippen LogP contribution in [0.15, 0.2) is 34.9 Å². The number of hydrogen-bond donors (Lipinski definition) is 2. The molecule has 2 heterocycles. The quantitative estimate of drug-likeness (QED) is 0.567. The van der Waals surface area contributed by atoms with Crippen molar-refractivity contribution < 1.29 is 9.32 Å². The fraction of sp³-hybridized carbons (Fsp3) is 0.556. The van der Waals surface area contributed by atoms with Crippen LogP contribution >= 0.6 is 0 Å². The molecule has 0 unspecified atom stereocenters. The lowest BCUT2D eigenvalue weighted by molar-refractivity contribution is 0.101. The highest BCUT2D eigenvalue weighted by atomic mass is 16.5. The van der Waals surface area contributed by atoms with Crippen molar-refractivity contribution in [2.24, 2.45) is 0 Å². The first-order chi connectivity index (χ1) is 15.1. The molecule has 0 bridgehead atoms. The van der Waals surface area contributed by atoms with Crippen LogP contribution in [0.5, 0.6) is 0 Å². The molecule has 4 rings (SSSR count). The van der Waals surface area contributed by atoms with Gasteiger partial charge in [0.25, 0.3) is 5.91 Å². The lowest BCUT2D eigenvalue weighted by Crippen LogP contribution is -2.57. The smallest absolute Gasteiger partial charge is 0.277 e. The molecular formula is C27H37N3O2. The van der Waals surface area contributed by atoms with Gasteiger partial charge in [-0.15, -0.1) is 0 Å². The van der Waals surface area contributed by atoms with Crippen LogP contribution in [0.4, 0.5) is 5.69 Å². The van der Waals surface area contributed by atoms with E-state index in [0.29, 0.717) is 17.4 Å². The highest BCUT2D eigenvalue weighted by Gasteiger charge is 2.38. The van der Waals surface area contributed by atoms with Gasteiger partial charge < -0.3 is 15.2 Å². The number of aromatic nitrogens is 1. The van der Waals surface area contributed by atoms with Gasteiger partial charge in [0, 0.05) is 28.4 Å². The molecule has 2 aliphatic rings. The maximum atomic E-state index is 12.8. The van der Waals surface area contributed by atoms with E-state index in [1.54, 1.807) is 13.0 Å². The van der Waals surface area contributed by atoms with Crippen molar-refractivity contribution in [3.8, 4) is 0 Å². The standard InChI is InChI=1S/C27H37N3O2/c1-18-14-24(29-32-18)25(31)28-23-13-12-20(15-22(23)19-10-8-6-7-9-11-19)21-16-26(2,3)30-27(4,5)17-21/h10,12-15,21,30H,6-9,11,16-17H2,1-5H3,(H,28,31). The number of allylic oxidation sites excluding steroid dienone is 2. The number of carbonyl (C=O) groups excluding carboxylic acids is 1. The number of amides is 1. The van der Waals surface area contributed by atoms with Crippen LogP contribution in [0.25, 0.3) is 5.57 Å². The van der Waals surface area contributed by atoms with Crippen molar-refractivity contribution in [2.45, 2.75) is 96.6 Å². The van der Waals surface area contributed by atoms with Crippen LogP contribution in [-0.2, 0) is 0 Å². The molecule has 1 fully saturated rings. The van der Waals surface area contributed by atoms with E-state index in [1.807, 2.05) is 0 Å². The molecule has 0 saturated carbocycles. The Labute approximate surface area is 192 Å². The van der Waals surface area contributed by atoms with Crippen molar-refractivity contribution in [2.75, 3.05) is 5.32 Å². The SMILES string of the molecule is Cc1cc(C(=O)Nc2ccc(C3CC(C)(C)NC(C)(C)C3)cc2C2=CCCCCC2)no1. The maximum Gasteiger partial charge on any atom is 0.277 e. The summed E-state index contributed by atoms with van der Waals surface area (Å²) in [6.45, 7) is 11.0. The first-order valence-corrected chi connectivity index (χ1v) is 12.0. The molecule has 0 atom stereocenters. The molecule has 0 spiro atoms. The van der Waals surface area contributed by atoms with Crippen molar-refractivity contribution in [3.05, 3.63) is 52.9 Å². The Morgan fingerprint density at radius 2 is 1.84 bits per heavy atom. The summed E-state index contributed by atoms with van der Waals surface area (Å²) < 4.78 is 5.10. The zero-order valence-corrected chi connectivity index (χ0v) is 20.2. The van der Waals surface area contributed by atoms with Crippen LogP contribution in [0.2, 0.25) is 0 Å². The lowest BCUT2D eigenvalue weighted by Gasteiger charge is -2.47. The molecule has 32 heavy (non-hydrogen) atoms.